The molecule has 0 amide bonds. The maximum absolute atomic E-state index is 11.6. The molecular formula is C25H42O4Si2. The standard InChI is InChI=1S/C25H42O4Si2/c1-18(2)25(28-30-4,29-31-5)22-10-8-19(9-11-22)20-12-14-23(3)21(7-6-16-26)13-15-24(23,27)17-20/h6-11,18,20-21,26-27H,12-17,30-31H2,1-5H3/t20-,21-,23+,24-/m0/s1. The van der Waals surface area contributed by atoms with E-state index < -0.39 is 30.9 Å². The highest BCUT2D eigenvalue weighted by Gasteiger charge is 2.58. The van der Waals surface area contributed by atoms with Crippen molar-refractivity contribution < 1.29 is 19.1 Å². The number of benzene rings is 1. The van der Waals surface area contributed by atoms with Gasteiger partial charge in [-0.15, -0.1) is 0 Å². The average molecular weight is 463 g/mol. The van der Waals surface area contributed by atoms with Gasteiger partial charge in [0.05, 0.1) is 12.2 Å². The zero-order chi connectivity index (χ0) is 22.7. The molecule has 4 nitrogen and oxygen atoms in total. The number of aliphatic hydroxyl groups is 2. The SMILES string of the molecule is C[SiH2]OC(O[SiH2]C)(c1ccc([C@H]2CC[C@]3(C)[C@@H](C=CCO)CC[C@]3(O)C2)cc1)C(C)C. The molecule has 0 bridgehead atoms. The first-order valence-electron chi connectivity index (χ1n) is 12.1. The van der Waals surface area contributed by atoms with E-state index in [0.29, 0.717) is 11.8 Å². The Morgan fingerprint density at radius 3 is 2.32 bits per heavy atom. The minimum Gasteiger partial charge on any atom is -0.395 e. The number of fused-ring (bicyclic) bond motifs is 1. The molecule has 31 heavy (non-hydrogen) atoms. The molecule has 3 rings (SSSR count). The fourth-order valence-corrected chi connectivity index (χ4v) is 8.38. The van der Waals surface area contributed by atoms with E-state index in [0.717, 1.165) is 37.7 Å². The third-order valence-corrected chi connectivity index (χ3v) is 9.52. The Morgan fingerprint density at radius 1 is 1.13 bits per heavy atom. The molecule has 174 valence electrons. The summed E-state index contributed by atoms with van der Waals surface area (Å²) in [6.07, 6.45) is 8.75. The summed E-state index contributed by atoms with van der Waals surface area (Å²) >= 11 is 0. The molecule has 0 aliphatic heterocycles. The van der Waals surface area contributed by atoms with Crippen LogP contribution in [0.25, 0.3) is 0 Å². The summed E-state index contributed by atoms with van der Waals surface area (Å²) < 4.78 is 12.6. The van der Waals surface area contributed by atoms with Crippen LogP contribution in [0.1, 0.15) is 69.9 Å². The van der Waals surface area contributed by atoms with Crippen molar-refractivity contribution in [2.24, 2.45) is 17.3 Å². The van der Waals surface area contributed by atoms with Crippen LogP contribution in [0.2, 0.25) is 13.1 Å². The van der Waals surface area contributed by atoms with Crippen LogP contribution in [0.4, 0.5) is 0 Å². The second kappa shape index (κ2) is 10.0. The van der Waals surface area contributed by atoms with Gasteiger partial charge < -0.3 is 19.1 Å². The predicted octanol–water partition coefficient (Wildman–Crippen LogP) is 3.76. The van der Waals surface area contributed by atoms with E-state index in [9.17, 15) is 10.2 Å². The quantitative estimate of drug-likeness (QED) is 0.333. The Kier molecular flexibility index (Phi) is 8.04. The minimum absolute atomic E-state index is 0.0757. The normalized spacial score (nSPS) is 33.8. The lowest BCUT2D eigenvalue weighted by Gasteiger charge is -2.49. The van der Waals surface area contributed by atoms with Crippen molar-refractivity contribution in [3.05, 3.63) is 47.5 Å². The molecule has 2 fully saturated rings. The largest absolute Gasteiger partial charge is 0.395 e. The van der Waals surface area contributed by atoms with Gasteiger partial charge in [0.15, 0.2) is 25.3 Å². The molecule has 6 heteroatoms. The second-order valence-electron chi connectivity index (χ2n) is 9.95. The van der Waals surface area contributed by atoms with Crippen LogP contribution in [0.15, 0.2) is 36.4 Å². The predicted molar refractivity (Wildman–Crippen MR) is 133 cm³/mol. The molecule has 2 saturated carbocycles. The molecule has 1 aromatic carbocycles. The smallest absolute Gasteiger partial charge is 0.177 e. The zero-order valence-electron chi connectivity index (χ0n) is 20.1. The van der Waals surface area contributed by atoms with Gasteiger partial charge in [-0.2, -0.15) is 0 Å². The minimum atomic E-state index is -0.630. The van der Waals surface area contributed by atoms with Crippen LogP contribution in [0.5, 0.6) is 0 Å². The summed E-state index contributed by atoms with van der Waals surface area (Å²) in [6, 6.07) is 8.87. The van der Waals surface area contributed by atoms with Gasteiger partial charge in [-0.1, -0.05) is 70.3 Å². The second-order valence-corrected chi connectivity index (χ2v) is 11.7. The Balaban J connectivity index is 1.81. The lowest BCUT2D eigenvalue weighted by Crippen LogP contribution is -2.49. The maximum atomic E-state index is 11.6. The summed E-state index contributed by atoms with van der Waals surface area (Å²) in [5, 5.41) is 20.8. The van der Waals surface area contributed by atoms with Crippen molar-refractivity contribution in [1.29, 1.82) is 0 Å². The van der Waals surface area contributed by atoms with E-state index in [-0.39, 0.29) is 17.9 Å². The number of allylic oxidation sites excluding steroid dienone is 1. The van der Waals surface area contributed by atoms with Gasteiger partial charge in [0, 0.05) is 16.9 Å². The van der Waals surface area contributed by atoms with Gasteiger partial charge >= 0.3 is 0 Å². The molecule has 0 spiro atoms. The molecular weight excluding hydrogens is 420 g/mol. The summed E-state index contributed by atoms with van der Waals surface area (Å²) in [4.78, 5) is 0. The van der Waals surface area contributed by atoms with Gasteiger partial charge in [-0.3, -0.25) is 0 Å². The van der Waals surface area contributed by atoms with Gasteiger partial charge in [0.2, 0.25) is 0 Å². The molecule has 0 saturated heterocycles. The lowest BCUT2D eigenvalue weighted by atomic mass is 9.59. The van der Waals surface area contributed by atoms with Crippen LogP contribution < -0.4 is 0 Å². The van der Waals surface area contributed by atoms with E-state index in [2.05, 4.69) is 64.2 Å². The topological polar surface area (TPSA) is 58.9 Å². The first-order valence-corrected chi connectivity index (χ1v) is 16.1. The van der Waals surface area contributed by atoms with Crippen molar-refractivity contribution in [2.45, 2.75) is 83.3 Å². The monoisotopic (exact) mass is 462 g/mol. The first kappa shape index (κ1) is 24.9. The van der Waals surface area contributed by atoms with Crippen molar-refractivity contribution in [3.63, 3.8) is 0 Å². The molecule has 0 aromatic heterocycles. The van der Waals surface area contributed by atoms with E-state index >= 15 is 0 Å². The number of hydrogen-bond acceptors (Lipinski definition) is 4. The van der Waals surface area contributed by atoms with E-state index in [1.165, 1.54) is 5.56 Å². The van der Waals surface area contributed by atoms with Crippen LogP contribution >= 0.6 is 0 Å². The zero-order valence-corrected chi connectivity index (χ0v) is 22.9. The summed E-state index contributed by atoms with van der Waals surface area (Å²) in [5.41, 5.74) is 1.72. The number of rotatable bonds is 9. The average Bonchev–Trinajstić information content (AvgIpc) is 3.01. The van der Waals surface area contributed by atoms with Gasteiger partial charge in [-0.25, -0.2) is 0 Å². The maximum Gasteiger partial charge on any atom is 0.177 e. The van der Waals surface area contributed by atoms with Crippen molar-refractivity contribution in [2.75, 3.05) is 6.61 Å². The summed E-state index contributed by atoms with van der Waals surface area (Å²) in [7, 11) is -1.24. The molecule has 2 N–H and O–H groups in total. The van der Waals surface area contributed by atoms with E-state index in [1.807, 2.05) is 6.08 Å². The van der Waals surface area contributed by atoms with Gasteiger partial charge in [0.1, 0.15) is 0 Å². The molecule has 2 aliphatic carbocycles. The summed E-state index contributed by atoms with van der Waals surface area (Å²) in [5.74, 6) is 0.396. The highest BCUT2D eigenvalue weighted by molar-refractivity contribution is 6.26. The number of hydrogen-bond donors (Lipinski definition) is 2. The molecule has 0 radical (unpaired) electrons. The fraction of sp³-hybridized carbons (Fsp3) is 0.680. The van der Waals surface area contributed by atoms with E-state index in [1.54, 1.807) is 0 Å². The van der Waals surface area contributed by atoms with Gasteiger partial charge in [-0.05, 0) is 49.5 Å². The van der Waals surface area contributed by atoms with Crippen molar-refractivity contribution >= 4 is 19.5 Å². The highest BCUT2D eigenvalue weighted by Crippen LogP contribution is 2.61. The third-order valence-electron chi connectivity index (χ3n) is 8.08. The molecule has 0 heterocycles. The number of aliphatic hydroxyl groups excluding tert-OH is 1. The lowest BCUT2D eigenvalue weighted by molar-refractivity contribution is -0.156. The third kappa shape index (κ3) is 4.52. The van der Waals surface area contributed by atoms with Crippen LogP contribution in [0.3, 0.4) is 0 Å². The molecule has 4 atom stereocenters. The van der Waals surface area contributed by atoms with Crippen molar-refractivity contribution in [3.8, 4) is 0 Å². The highest BCUT2D eigenvalue weighted by atomic mass is 28.2. The van der Waals surface area contributed by atoms with Crippen LogP contribution in [-0.4, -0.2) is 41.9 Å². The van der Waals surface area contributed by atoms with Crippen LogP contribution in [-0.2, 0) is 14.6 Å². The Hall–Kier alpha value is -0.766. The first-order chi connectivity index (χ1) is 14.8. The Morgan fingerprint density at radius 2 is 1.77 bits per heavy atom. The summed E-state index contributed by atoms with van der Waals surface area (Å²) in [6.45, 7) is 11.0. The van der Waals surface area contributed by atoms with Crippen molar-refractivity contribution in [1.82, 2.24) is 0 Å². The Labute approximate surface area is 193 Å². The van der Waals surface area contributed by atoms with Crippen LogP contribution in [0, 0.1) is 17.3 Å². The molecule has 2 aliphatic rings. The fourth-order valence-electron chi connectivity index (χ4n) is 6.19. The molecule has 0 unspecified atom stereocenters. The van der Waals surface area contributed by atoms with Gasteiger partial charge in [0.25, 0.3) is 0 Å². The molecule has 1 aromatic rings. The van der Waals surface area contributed by atoms with E-state index in [4.69, 9.17) is 8.85 Å². The Bertz CT molecular complexity index is 744.